The first-order valence-electron chi connectivity index (χ1n) is 4.18. The van der Waals surface area contributed by atoms with Gasteiger partial charge in [-0.25, -0.2) is 0 Å². The molecule has 0 aliphatic heterocycles. The van der Waals surface area contributed by atoms with Gasteiger partial charge in [-0.1, -0.05) is 31.9 Å². The molecule has 0 heterocycles. The van der Waals surface area contributed by atoms with Crippen LogP contribution in [0.15, 0.2) is 0 Å². The Hall–Kier alpha value is 1.50. The molecule has 0 aromatic heterocycles. The van der Waals surface area contributed by atoms with Crippen LogP contribution in [0, 0.1) is 0 Å². The molecular weight excluding hydrogens is 343 g/mol. The van der Waals surface area contributed by atoms with E-state index >= 15 is 0 Å². The van der Waals surface area contributed by atoms with Gasteiger partial charge in [0.25, 0.3) is 0 Å². The third kappa shape index (κ3) is 9.80. The van der Waals surface area contributed by atoms with Crippen LogP contribution >= 0.6 is 55.1 Å². The Morgan fingerprint density at radius 2 is 1.31 bits per heavy atom. The Morgan fingerprint density at radius 3 is 1.62 bits per heavy atom. The fraction of sp³-hybridized carbons (Fsp3) is 1.00. The Kier molecular flexibility index (Phi) is 11.2. The molecule has 0 radical (unpaired) electrons. The van der Waals surface area contributed by atoms with Gasteiger partial charge >= 0.3 is 0 Å². The summed E-state index contributed by atoms with van der Waals surface area (Å²) in [5.41, 5.74) is 0. The molecule has 0 bridgehead atoms. The average Bonchev–Trinajstić information content (AvgIpc) is 2.05. The molecule has 13 heavy (non-hydrogen) atoms. The minimum Gasteiger partial charge on any atom is -0.378 e. The lowest BCUT2D eigenvalue weighted by Gasteiger charge is -2.11. The maximum atomic E-state index is 5.93. The van der Waals surface area contributed by atoms with E-state index in [1.54, 1.807) is 0 Å². The van der Waals surface area contributed by atoms with Crippen LogP contribution in [-0.2, 0) is 4.74 Å². The third-order valence-corrected chi connectivity index (χ3v) is 3.05. The van der Waals surface area contributed by atoms with Crippen LogP contribution in [0.4, 0.5) is 0 Å². The molecule has 0 aliphatic rings. The van der Waals surface area contributed by atoms with Gasteiger partial charge in [-0.05, 0) is 12.8 Å². The highest BCUT2D eigenvalue weighted by Gasteiger charge is 2.07. The predicted octanol–water partition coefficient (Wildman–Crippen LogP) is 3.79. The molecule has 0 saturated carbocycles. The highest BCUT2D eigenvalue weighted by atomic mass is 79.9. The summed E-state index contributed by atoms with van der Waals surface area (Å²) >= 11 is 18.5. The van der Waals surface area contributed by atoms with Crippen LogP contribution in [-0.4, -0.2) is 34.6 Å². The number of alkyl halides is 4. The topological polar surface area (TPSA) is 9.23 Å². The van der Waals surface area contributed by atoms with Crippen LogP contribution in [0.25, 0.3) is 0 Å². The molecule has 0 amide bonds. The smallest absolute Gasteiger partial charge is 0.0631 e. The molecule has 80 valence electrons. The lowest BCUT2D eigenvalue weighted by Crippen LogP contribution is -2.16. The largest absolute Gasteiger partial charge is 0.378 e. The van der Waals surface area contributed by atoms with Gasteiger partial charge in [-0.15, -0.1) is 23.2 Å². The highest BCUT2D eigenvalue weighted by molar-refractivity contribution is 9.09. The van der Waals surface area contributed by atoms with Gasteiger partial charge in [0.1, 0.15) is 0 Å². The predicted molar refractivity (Wildman–Crippen MR) is 66.9 cm³/mol. The average molecular weight is 357 g/mol. The van der Waals surface area contributed by atoms with Gasteiger partial charge in [-0.3, -0.25) is 0 Å². The summed E-state index contributed by atoms with van der Waals surface area (Å²) < 4.78 is 5.36. The van der Waals surface area contributed by atoms with Gasteiger partial charge in [0.2, 0.25) is 0 Å². The summed E-state index contributed by atoms with van der Waals surface area (Å²) in [4.78, 5) is 0. The summed E-state index contributed by atoms with van der Waals surface area (Å²) in [5, 5.41) is 2.01. The maximum Gasteiger partial charge on any atom is 0.0631 e. The Labute approximate surface area is 107 Å². The normalized spacial score (nSPS) is 15.7. The highest BCUT2D eigenvalue weighted by Crippen LogP contribution is 2.08. The van der Waals surface area contributed by atoms with Gasteiger partial charge in [0.05, 0.1) is 24.0 Å². The molecule has 2 atom stereocenters. The second kappa shape index (κ2) is 10.0. The Bertz CT molecular complexity index is 104. The summed E-state index contributed by atoms with van der Waals surface area (Å²) in [6.45, 7) is 1.16. The van der Waals surface area contributed by atoms with Crippen LogP contribution in [0.3, 0.4) is 0 Å². The molecule has 0 aromatic rings. The Balaban J connectivity index is 3.23. The van der Waals surface area contributed by atoms with Crippen molar-refractivity contribution in [1.82, 2.24) is 0 Å². The van der Waals surface area contributed by atoms with E-state index in [4.69, 9.17) is 27.9 Å². The number of rotatable bonds is 8. The van der Waals surface area contributed by atoms with Crippen LogP contribution in [0.5, 0.6) is 0 Å². The van der Waals surface area contributed by atoms with Crippen LogP contribution in [0.1, 0.15) is 12.8 Å². The zero-order valence-electron chi connectivity index (χ0n) is 7.32. The van der Waals surface area contributed by atoms with Crippen molar-refractivity contribution in [2.75, 3.05) is 23.9 Å². The number of ether oxygens (including phenoxy) is 1. The first-order valence-corrected chi connectivity index (χ1v) is 7.30. The van der Waals surface area contributed by atoms with Gasteiger partial charge in [0.15, 0.2) is 0 Å². The first-order chi connectivity index (χ1) is 6.20. The molecular formula is C8H14Br2Cl2O. The molecule has 0 aromatic carbocycles. The molecule has 0 saturated heterocycles. The monoisotopic (exact) mass is 354 g/mol. The van der Waals surface area contributed by atoms with E-state index in [0.29, 0.717) is 13.2 Å². The van der Waals surface area contributed by atoms with Gasteiger partial charge < -0.3 is 4.74 Å². The number of halogens is 4. The minimum absolute atomic E-state index is 0.0900. The van der Waals surface area contributed by atoms with Gasteiger partial charge in [-0.2, -0.15) is 0 Å². The fourth-order valence-corrected chi connectivity index (χ4v) is 2.76. The molecule has 0 N–H and O–H groups in total. The minimum atomic E-state index is 0.0900. The fourth-order valence-electron chi connectivity index (χ4n) is 0.727. The lowest BCUT2D eigenvalue weighted by molar-refractivity contribution is 0.133. The SMILES string of the molecule is ClC(CCBr)COCC(Cl)CCBr. The van der Waals surface area contributed by atoms with Gasteiger partial charge in [0, 0.05) is 10.7 Å². The van der Waals surface area contributed by atoms with Crippen molar-refractivity contribution >= 4 is 55.1 Å². The summed E-state index contributed by atoms with van der Waals surface area (Å²) in [7, 11) is 0. The number of hydrogen-bond acceptors (Lipinski definition) is 1. The van der Waals surface area contributed by atoms with E-state index in [-0.39, 0.29) is 10.8 Å². The number of hydrogen-bond donors (Lipinski definition) is 0. The summed E-state index contributed by atoms with van der Waals surface area (Å²) in [5.74, 6) is 0. The molecule has 0 aliphatic carbocycles. The van der Waals surface area contributed by atoms with Crippen LogP contribution in [0.2, 0.25) is 0 Å². The van der Waals surface area contributed by atoms with Crippen molar-refractivity contribution < 1.29 is 4.74 Å². The van der Waals surface area contributed by atoms with Crippen LogP contribution < -0.4 is 0 Å². The molecule has 0 spiro atoms. The standard InChI is InChI=1S/C8H14Br2Cl2O/c9-3-1-7(11)5-13-6-8(12)2-4-10/h7-8H,1-6H2. The maximum absolute atomic E-state index is 5.93. The zero-order chi connectivity index (χ0) is 10.1. The summed E-state index contributed by atoms with van der Waals surface area (Å²) in [6, 6.07) is 0. The quantitative estimate of drug-likeness (QED) is 0.601. The third-order valence-electron chi connectivity index (χ3n) is 1.44. The van der Waals surface area contributed by atoms with E-state index in [1.807, 2.05) is 0 Å². The Morgan fingerprint density at radius 1 is 0.923 bits per heavy atom. The second-order valence-corrected chi connectivity index (χ2v) is 5.51. The molecule has 0 rings (SSSR count). The summed E-state index contributed by atoms with van der Waals surface area (Å²) in [6.07, 6.45) is 1.85. The molecule has 2 unspecified atom stereocenters. The van der Waals surface area contributed by atoms with Crippen molar-refractivity contribution in [3.63, 3.8) is 0 Å². The van der Waals surface area contributed by atoms with E-state index in [1.165, 1.54) is 0 Å². The van der Waals surface area contributed by atoms with Crippen molar-refractivity contribution in [3.8, 4) is 0 Å². The van der Waals surface area contributed by atoms with Crippen molar-refractivity contribution in [1.29, 1.82) is 0 Å². The zero-order valence-corrected chi connectivity index (χ0v) is 12.0. The van der Waals surface area contributed by atoms with Crippen molar-refractivity contribution in [3.05, 3.63) is 0 Å². The molecule has 5 heteroatoms. The van der Waals surface area contributed by atoms with Crippen molar-refractivity contribution in [2.24, 2.45) is 0 Å². The second-order valence-electron chi connectivity index (χ2n) is 2.69. The first kappa shape index (κ1) is 14.5. The molecule has 0 fully saturated rings. The van der Waals surface area contributed by atoms with E-state index < -0.39 is 0 Å². The lowest BCUT2D eigenvalue weighted by atomic mass is 10.3. The van der Waals surface area contributed by atoms with Crippen molar-refractivity contribution in [2.45, 2.75) is 23.6 Å². The van der Waals surface area contributed by atoms with E-state index in [0.717, 1.165) is 23.5 Å². The van der Waals surface area contributed by atoms with E-state index in [2.05, 4.69) is 31.9 Å². The molecule has 1 nitrogen and oxygen atoms in total. The van der Waals surface area contributed by atoms with E-state index in [9.17, 15) is 0 Å².